The lowest BCUT2D eigenvalue weighted by molar-refractivity contribution is -0.117. The van der Waals surface area contributed by atoms with Gasteiger partial charge in [0.05, 0.1) is 5.71 Å². The highest BCUT2D eigenvalue weighted by atomic mass is 16.1. The lowest BCUT2D eigenvalue weighted by Gasteiger charge is -2.12. The Morgan fingerprint density at radius 1 is 1.28 bits per heavy atom. The van der Waals surface area contributed by atoms with Crippen molar-refractivity contribution in [1.29, 1.82) is 0 Å². The molecule has 1 rings (SSSR count). The van der Waals surface area contributed by atoms with Crippen molar-refractivity contribution < 1.29 is 4.79 Å². The molecule has 0 saturated carbocycles. The van der Waals surface area contributed by atoms with E-state index in [1.165, 1.54) is 5.56 Å². The summed E-state index contributed by atoms with van der Waals surface area (Å²) in [5, 5.41) is 0. The molecule has 2 nitrogen and oxygen atoms in total. The SMILES string of the molecule is C/C=C(\C)C(=N[C@H](C)C(C)=O)c1ccccc1C. The van der Waals surface area contributed by atoms with Crippen molar-refractivity contribution in [3.63, 3.8) is 0 Å². The summed E-state index contributed by atoms with van der Waals surface area (Å²) >= 11 is 0. The number of rotatable bonds is 4. The Kier molecular flexibility index (Phi) is 5.02. The second-order valence-electron chi connectivity index (χ2n) is 4.55. The van der Waals surface area contributed by atoms with Gasteiger partial charge >= 0.3 is 0 Å². The third-order valence-electron chi connectivity index (χ3n) is 3.12. The van der Waals surface area contributed by atoms with Crippen molar-refractivity contribution in [2.45, 2.75) is 40.7 Å². The second-order valence-corrected chi connectivity index (χ2v) is 4.55. The van der Waals surface area contributed by atoms with E-state index in [2.05, 4.69) is 18.0 Å². The van der Waals surface area contributed by atoms with Crippen molar-refractivity contribution in [2.24, 2.45) is 4.99 Å². The Balaban J connectivity index is 3.32. The third kappa shape index (κ3) is 3.39. The Labute approximate surface area is 109 Å². The highest BCUT2D eigenvalue weighted by molar-refractivity contribution is 6.13. The van der Waals surface area contributed by atoms with Gasteiger partial charge in [-0.3, -0.25) is 9.79 Å². The molecule has 0 aliphatic carbocycles. The van der Waals surface area contributed by atoms with E-state index in [4.69, 9.17) is 0 Å². The molecule has 0 fully saturated rings. The molecular weight excluding hydrogens is 222 g/mol. The number of hydrogen-bond donors (Lipinski definition) is 0. The first-order chi connectivity index (χ1) is 8.47. The summed E-state index contributed by atoms with van der Waals surface area (Å²) in [6, 6.07) is 7.82. The molecule has 0 spiro atoms. The molecule has 0 radical (unpaired) electrons. The first kappa shape index (κ1) is 14.4. The summed E-state index contributed by atoms with van der Waals surface area (Å²) in [5.74, 6) is 0.0880. The molecule has 0 N–H and O–H groups in total. The van der Waals surface area contributed by atoms with Gasteiger partial charge in [-0.25, -0.2) is 0 Å². The first-order valence-corrected chi connectivity index (χ1v) is 6.25. The van der Waals surface area contributed by atoms with E-state index < -0.39 is 0 Å². The number of ketones is 1. The van der Waals surface area contributed by atoms with E-state index in [0.29, 0.717) is 0 Å². The number of aliphatic imine (C=N–C) groups is 1. The predicted octanol–water partition coefficient (Wildman–Crippen LogP) is 3.73. The largest absolute Gasteiger partial charge is 0.298 e. The topological polar surface area (TPSA) is 29.4 Å². The van der Waals surface area contributed by atoms with E-state index in [-0.39, 0.29) is 11.8 Å². The van der Waals surface area contributed by atoms with Crippen molar-refractivity contribution in [1.82, 2.24) is 0 Å². The van der Waals surface area contributed by atoms with Crippen LogP contribution in [0.5, 0.6) is 0 Å². The second kappa shape index (κ2) is 6.29. The van der Waals surface area contributed by atoms with Crippen LogP contribution in [0.3, 0.4) is 0 Å². The lowest BCUT2D eigenvalue weighted by atomic mass is 9.98. The average molecular weight is 243 g/mol. The zero-order chi connectivity index (χ0) is 13.7. The highest BCUT2D eigenvalue weighted by Gasteiger charge is 2.12. The molecule has 0 aliphatic heterocycles. The minimum absolute atomic E-state index is 0.0880. The maximum atomic E-state index is 11.4. The van der Waals surface area contributed by atoms with Crippen LogP contribution in [0.1, 0.15) is 38.8 Å². The number of carbonyl (C=O) groups excluding carboxylic acids is 1. The fraction of sp³-hybridized carbons (Fsp3) is 0.375. The maximum absolute atomic E-state index is 11.4. The number of benzene rings is 1. The van der Waals surface area contributed by atoms with Gasteiger partial charge in [-0.1, -0.05) is 30.3 Å². The molecule has 0 aromatic heterocycles. The summed E-state index contributed by atoms with van der Waals surface area (Å²) in [6.45, 7) is 9.49. The molecule has 18 heavy (non-hydrogen) atoms. The van der Waals surface area contributed by atoms with Gasteiger partial charge < -0.3 is 0 Å². The molecule has 2 heteroatoms. The van der Waals surface area contributed by atoms with Crippen molar-refractivity contribution >= 4 is 11.5 Å². The van der Waals surface area contributed by atoms with Crippen LogP contribution in [0.2, 0.25) is 0 Å². The molecule has 1 aromatic rings. The lowest BCUT2D eigenvalue weighted by Crippen LogP contribution is -2.15. The number of Topliss-reactive ketones (excluding diaryl/α,β-unsaturated/α-hetero) is 1. The molecule has 96 valence electrons. The predicted molar refractivity (Wildman–Crippen MR) is 77.3 cm³/mol. The minimum atomic E-state index is -0.297. The normalized spacial score (nSPS) is 14.5. The number of carbonyl (C=O) groups is 1. The number of nitrogens with zero attached hydrogens (tertiary/aromatic N) is 1. The van der Waals surface area contributed by atoms with Crippen LogP contribution in [-0.2, 0) is 4.79 Å². The molecule has 0 aliphatic rings. The van der Waals surface area contributed by atoms with Crippen molar-refractivity contribution in [3.05, 3.63) is 47.0 Å². The van der Waals surface area contributed by atoms with Gasteiger partial charge in [0.1, 0.15) is 6.04 Å². The Morgan fingerprint density at radius 2 is 1.89 bits per heavy atom. The van der Waals surface area contributed by atoms with Crippen LogP contribution in [0.4, 0.5) is 0 Å². The van der Waals surface area contributed by atoms with Gasteiger partial charge in [-0.15, -0.1) is 0 Å². The van der Waals surface area contributed by atoms with Crippen LogP contribution in [-0.4, -0.2) is 17.5 Å². The van der Waals surface area contributed by atoms with Crippen molar-refractivity contribution in [2.75, 3.05) is 0 Å². The van der Waals surface area contributed by atoms with Crippen LogP contribution >= 0.6 is 0 Å². The summed E-state index contributed by atoms with van der Waals surface area (Å²) in [4.78, 5) is 16.0. The highest BCUT2D eigenvalue weighted by Crippen LogP contribution is 2.15. The van der Waals surface area contributed by atoms with Gasteiger partial charge in [-0.2, -0.15) is 0 Å². The number of aryl methyl sites for hydroxylation is 1. The molecule has 0 saturated heterocycles. The van der Waals surface area contributed by atoms with Crippen LogP contribution in [0.15, 0.2) is 40.9 Å². The van der Waals surface area contributed by atoms with Gasteiger partial charge in [0.15, 0.2) is 5.78 Å². The van der Waals surface area contributed by atoms with E-state index in [0.717, 1.165) is 16.8 Å². The zero-order valence-corrected chi connectivity index (χ0v) is 11.8. The number of hydrogen-bond acceptors (Lipinski definition) is 2. The number of allylic oxidation sites excluding steroid dienone is 2. The molecule has 0 heterocycles. The Hall–Kier alpha value is -1.70. The summed E-state index contributed by atoms with van der Waals surface area (Å²) in [6.07, 6.45) is 2.03. The smallest absolute Gasteiger partial charge is 0.153 e. The standard InChI is InChI=1S/C16H21NO/c1-6-11(2)16(17-13(4)14(5)18)15-10-8-7-9-12(15)3/h6-10,13H,1-5H3/b11-6+,17-16?/t13-/m1/s1. The van der Waals surface area contributed by atoms with E-state index in [1.54, 1.807) is 6.92 Å². The molecule has 1 aromatic carbocycles. The molecule has 0 amide bonds. The quantitative estimate of drug-likeness (QED) is 0.741. The van der Waals surface area contributed by atoms with E-state index >= 15 is 0 Å². The Bertz CT molecular complexity index is 498. The molecule has 0 unspecified atom stereocenters. The first-order valence-electron chi connectivity index (χ1n) is 6.25. The van der Waals surface area contributed by atoms with Crippen LogP contribution < -0.4 is 0 Å². The monoisotopic (exact) mass is 243 g/mol. The summed E-state index contributed by atoms with van der Waals surface area (Å²) in [5.41, 5.74) is 4.28. The van der Waals surface area contributed by atoms with E-state index in [1.807, 2.05) is 45.0 Å². The van der Waals surface area contributed by atoms with Crippen molar-refractivity contribution in [3.8, 4) is 0 Å². The average Bonchev–Trinajstić information content (AvgIpc) is 2.35. The maximum Gasteiger partial charge on any atom is 0.153 e. The summed E-state index contributed by atoms with van der Waals surface area (Å²) < 4.78 is 0. The molecular formula is C16H21NO. The zero-order valence-electron chi connectivity index (χ0n) is 11.8. The molecule has 1 atom stereocenters. The fourth-order valence-electron chi connectivity index (χ4n) is 1.64. The van der Waals surface area contributed by atoms with Gasteiger partial charge in [0.2, 0.25) is 0 Å². The van der Waals surface area contributed by atoms with Crippen LogP contribution in [0, 0.1) is 6.92 Å². The van der Waals surface area contributed by atoms with Gasteiger partial charge in [-0.05, 0) is 45.8 Å². The third-order valence-corrected chi connectivity index (χ3v) is 3.12. The van der Waals surface area contributed by atoms with Gasteiger partial charge in [0.25, 0.3) is 0 Å². The fourth-order valence-corrected chi connectivity index (χ4v) is 1.64. The van der Waals surface area contributed by atoms with Crippen LogP contribution in [0.25, 0.3) is 0 Å². The van der Waals surface area contributed by atoms with E-state index in [9.17, 15) is 4.79 Å². The molecule has 0 bridgehead atoms. The summed E-state index contributed by atoms with van der Waals surface area (Å²) in [7, 11) is 0. The Morgan fingerprint density at radius 3 is 2.39 bits per heavy atom. The minimum Gasteiger partial charge on any atom is -0.298 e. The van der Waals surface area contributed by atoms with Gasteiger partial charge in [0, 0.05) is 5.56 Å².